The first-order chi connectivity index (χ1) is 11.4. The summed E-state index contributed by atoms with van der Waals surface area (Å²) < 4.78 is 5.45. The Balaban J connectivity index is 2.33. The minimum absolute atomic E-state index is 0.193. The number of amides is 1. The lowest BCUT2D eigenvalue weighted by molar-refractivity contribution is -0.147. The van der Waals surface area contributed by atoms with Crippen molar-refractivity contribution in [2.45, 2.75) is 26.3 Å². The Labute approximate surface area is 150 Å². The van der Waals surface area contributed by atoms with E-state index in [2.05, 4.69) is 0 Å². The van der Waals surface area contributed by atoms with E-state index < -0.39 is 12.0 Å². The van der Waals surface area contributed by atoms with Gasteiger partial charge in [0.25, 0.3) is 5.91 Å². The van der Waals surface area contributed by atoms with Crippen LogP contribution in [0.2, 0.25) is 0 Å². The molecule has 7 heteroatoms. The molecule has 2 unspecified atom stereocenters. The van der Waals surface area contributed by atoms with E-state index in [1.165, 1.54) is 4.90 Å². The standard InChI is InChI=1S/C17H19NO4S2/c1-4-10(2)14(16(20)21)18-15(19)13(24-17(18)23)9-11-6-5-7-12(8-11)22-3/h5-10,14H,4H2,1-3H3,(H,20,21)/b13-9-. The third kappa shape index (κ3) is 3.79. The fraction of sp³-hybridized carbons (Fsp3) is 0.353. The van der Waals surface area contributed by atoms with Gasteiger partial charge in [0, 0.05) is 0 Å². The molecule has 1 N–H and O–H groups in total. The highest BCUT2D eigenvalue weighted by atomic mass is 32.2. The van der Waals surface area contributed by atoms with Crippen LogP contribution in [0.4, 0.5) is 0 Å². The van der Waals surface area contributed by atoms with Gasteiger partial charge in [0.1, 0.15) is 16.1 Å². The van der Waals surface area contributed by atoms with Crippen LogP contribution in [0.25, 0.3) is 6.08 Å². The van der Waals surface area contributed by atoms with Crippen molar-refractivity contribution in [3.05, 3.63) is 34.7 Å². The molecule has 1 fully saturated rings. The van der Waals surface area contributed by atoms with E-state index in [0.717, 1.165) is 17.3 Å². The molecular formula is C17H19NO4S2. The number of thiocarbonyl (C=S) groups is 1. The maximum atomic E-state index is 12.7. The second-order valence-corrected chi connectivity index (χ2v) is 7.17. The third-order valence-corrected chi connectivity index (χ3v) is 5.26. The predicted octanol–water partition coefficient (Wildman–Crippen LogP) is 3.40. The molecule has 1 aromatic carbocycles. The van der Waals surface area contributed by atoms with E-state index in [0.29, 0.717) is 17.1 Å². The molecule has 128 valence electrons. The van der Waals surface area contributed by atoms with Crippen LogP contribution in [0, 0.1) is 5.92 Å². The summed E-state index contributed by atoms with van der Waals surface area (Å²) in [4.78, 5) is 26.0. The highest BCUT2D eigenvalue weighted by molar-refractivity contribution is 8.26. The van der Waals surface area contributed by atoms with E-state index >= 15 is 0 Å². The quantitative estimate of drug-likeness (QED) is 0.616. The zero-order valence-electron chi connectivity index (χ0n) is 13.7. The van der Waals surface area contributed by atoms with E-state index in [-0.39, 0.29) is 16.1 Å². The van der Waals surface area contributed by atoms with Crippen molar-refractivity contribution in [1.82, 2.24) is 4.90 Å². The van der Waals surface area contributed by atoms with Gasteiger partial charge in [-0.15, -0.1) is 0 Å². The number of hydrogen-bond acceptors (Lipinski definition) is 5. The average Bonchev–Trinajstić information content (AvgIpc) is 2.82. The smallest absolute Gasteiger partial charge is 0.327 e. The summed E-state index contributed by atoms with van der Waals surface area (Å²) in [6.07, 6.45) is 2.35. The number of carbonyl (C=O) groups is 2. The number of carboxylic acids is 1. The number of methoxy groups -OCH3 is 1. The number of benzene rings is 1. The van der Waals surface area contributed by atoms with Gasteiger partial charge in [0.05, 0.1) is 12.0 Å². The first-order valence-corrected chi connectivity index (χ1v) is 8.75. The zero-order chi connectivity index (χ0) is 17.9. The van der Waals surface area contributed by atoms with Crippen LogP contribution in [-0.4, -0.2) is 39.4 Å². The fourth-order valence-electron chi connectivity index (χ4n) is 2.43. The molecule has 1 aromatic rings. The summed E-state index contributed by atoms with van der Waals surface area (Å²) in [5.41, 5.74) is 0.797. The normalized spacial score (nSPS) is 18.8. The topological polar surface area (TPSA) is 66.8 Å². The Kier molecular flexibility index (Phi) is 6.01. The molecule has 1 aliphatic rings. The third-order valence-electron chi connectivity index (χ3n) is 3.93. The van der Waals surface area contributed by atoms with Gasteiger partial charge < -0.3 is 9.84 Å². The number of aliphatic carboxylic acids is 1. The van der Waals surface area contributed by atoms with Crippen molar-refractivity contribution >= 4 is 46.3 Å². The summed E-state index contributed by atoms with van der Waals surface area (Å²) in [6, 6.07) is 6.34. The molecule has 0 saturated carbocycles. The first kappa shape index (κ1) is 18.5. The molecule has 24 heavy (non-hydrogen) atoms. The maximum Gasteiger partial charge on any atom is 0.327 e. The number of rotatable bonds is 6. The molecule has 2 atom stereocenters. The number of nitrogens with zero attached hydrogens (tertiary/aromatic N) is 1. The lowest BCUT2D eigenvalue weighted by Crippen LogP contribution is -2.47. The lowest BCUT2D eigenvalue weighted by atomic mass is 9.98. The van der Waals surface area contributed by atoms with Crippen molar-refractivity contribution in [2.24, 2.45) is 5.92 Å². The minimum Gasteiger partial charge on any atom is -0.497 e. The van der Waals surface area contributed by atoms with Crippen LogP contribution in [0.3, 0.4) is 0 Å². The summed E-state index contributed by atoms with van der Waals surface area (Å²) in [7, 11) is 1.57. The molecule has 1 saturated heterocycles. The summed E-state index contributed by atoms with van der Waals surface area (Å²) >= 11 is 6.39. The van der Waals surface area contributed by atoms with Gasteiger partial charge in [-0.05, 0) is 29.7 Å². The monoisotopic (exact) mass is 365 g/mol. The maximum absolute atomic E-state index is 12.7. The number of ether oxygens (including phenoxy) is 1. The SMILES string of the molecule is CCC(C)C(C(=O)O)N1C(=O)/C(=C/c2cccc(OC)c2)SC1=S. The summed E-state index contributed by atoms with van der Waals surface area (Å²) in [5, 5.41) is 9.52. The van der Waals surface area contributed by atoms with Crippen LogP contribution < -0.4 is 4.74 Å². The number of carbonyl (C=O) groups excluding carboxylic acids is 1. The molecule has 2 rings (SSSR count). The molecule has 5 nitrogen and oxygen atoms in total. The van der Waals surface area contributed by atoms with Crippen LogP contribution in [-0.2, 0) is 9.59 Å². The van der Waals surface area contributed by atoms with Gasteiger partial charge >= 0.3 is 5.97 Å². The van der Waals surface area contributed by atoms with Crippen molar-refractivity contribution in [3.63, 3.8) is 0 Å². The molecule has 1 heterocycles. The largest absolute Gasteiger partial charge is 0.497 e. The predicted molar refractivity (Wildman–Crippen MR) is 98.9 cm³/mol. The highest BCUT2D eigenvalue weighted by Gasteiger charge is 2.42. The number of hydrogen-bond donors (Lipinski definition) is 1. The van der Waals surface area contributed by atoms with Gasteiger partial charge in [-0.3, -0.25) is 9.69 Å². The molecule has 0 aliphatic carbocycles. The van der Waals surface area contributed by atoms with Gasteiger partial charge in [0.2, 0.25) is 0 Å². The Bertz CT molecular complexity index is 702. The van der Waals surface area contributed by atoms with Crippen LogP contribution >= 0.6 is 24.0 Å². The van der Waals surface area contributed by atoms with E-state index in [9.17, 15) is 14.7 Å². The molecular weight excluding hydrogens is 346 g/mol. The molecule has 0 aromatic heterocycles. The van der Waals surface area contributed by atoms with Crippen molar-refractivity contribution in [2.75, 3.05) is 7.11 Å². The Morgan fingerprint density at radius 2 is 2.21 bits per heavy atom. The molecule has 0 radical (unpaired) electrons. The van der Waals surface area contributed by atoms with Crippen LogP contribution in [0.1, 0.15) is 25.8 Å². The molecule has 1 aliphatic heterocycles. The second-order valence-electron chi connectivity index (χ2n) is 5.50. The Morgan fingerprint density at radius 1 is 1.50 bits per heavy atom. The molecule has 0 spiro atoms. The Hall–Kier alpha value is -1.86. The fourth-order valence-corrected chi connectivity index (χ4v) is 3.76. The van der Waals surface area contributed by atoms with Gasteiger partial charge in [-0.1, -0.05) is 56.4 Å². The summed E-state index contributed by atoms with van der Waals surface area (Å²) in [6.45, 7) is 3.70. The second kappa shape index (κ2) is 7.81. The minimum atomic E-state index is -1.04. The van der Waals surface area contributed by atoms with E-state index in [4.69, 9.17) is 17.0 Å². The first-order valence-electron chi connectivity index (χ1n) is 7.53. The van der Waals surface area contributed by atoms with Crippen molar-refractivity contribution in [3.8, 4) is 5.75 Å². The number of thioether (sulfide) groups is 1. The van der Waals surface area contributed by atoms with Gasteiger partial charge in [0.15, 0.2) is 0 Å². The highest BCUT2D eigenvalue weighted by Crippen LogP contribution is 2.36. The zero-order valence-corrected chi connectivity index (χ0v) is 15.3. The van der Waals surface area contributed by atoms with Gasteiger partial charge in [-0.2, -0.15) is 0 Å². The average molecular weight is 365 g/mol. The lowest BCUT2D eigenvalue weighted by Gasteiger charge is -2.27. The molecule has 0 bridgehead atoms. The van der Waals surface area contributed by atoms with Crippen LogP contribution in [0.15, 0.2) is 29.2 Å². The molecule has 1 amide bonds. The van der Waals surface area contributed by atoms with E-state index in [1.807, 2.05) is 32.0 Å². The van der Waals surface area contributed by atoms with Crippen LogP contribution in [0.5, 0.6) is 5.75 Å². The summed E-state index contributed by atoms with van der Waals surface area (Å²) in [5.74, 6) is -0.910. The van der Waals surface area contributed by atoms with Crippen molar-refractivity contribution < 1.29 is 19.4 Å². The Morgan fingerprint density at radius 3 is 2.79 bits per heavy atom. The number of carboxylic acid groups (broad SMARTS) is 1. The van der Waals surface area contributed by atoms with Gasteiger partial charge in [-0.25, -0.2) is 4.79 Å². The van der Waals surface area contributed by atoms with Crippen molar-refractivity contribution in [1.29, 1.82) is 0 Å². The van der Waals surface area contributed by atoms with E-state index in [1.54, 1.807) is 19.3 Å².